The van der Waals surface area contributed by atoms with Gasteiger partial charge in [0, 0.05) is 26.1 Å². The number of allylic oxidation sites excluding steroid dienone is 2. The lowest BCUT2D eigenvalue weighted by Gasteiger charge is -2.20. The SMILES string of the molecule is CC(C)C.NCCN1CC/C=C\C=C/CC1=O. The van der Waals surface area contributed by atoms with Crippen molar-refractivity contribution in [1.82, 2.24) is 4.90 Å². The van der Waals surface area contributed by atoms with E-state index in [9.17, 15) is 4.79 Å². The van der Waals surface area contributed by atoms with Gasteiger partial charge < -0.3 is 10.6 Å². The largest absolute Gasteiger partial charge is 0.341 e. The molecule has 0 saturated carbocycles. The molecule has 0 bridgehead atoms. The molecule has 1 heterocycles. The van der Waals surface area contributed by atoms with Gasteiger partial charge in [0.15, 0.2) is 0 Å². The van der Waals surface area contributed by atoms with Gasteiger partial charge in [-0.15, -0.1) is 0 Å². The zero-order valence-electron chi connectivity index (χ0n) is 11.4. The Balaban J connectivity index is 0.000000557. The minimum atomic E-state index is 0.172. The molecule has 0 atom stereocenters. The zero-order chi connectivity index (χ0) is 13.1. The zero-order valence-corrected chi connectivity index (χ0v) is 11.4. The Kier molecular flexibility index (Phi) is 9.44. The normalized spacial score (nSPS) is 19.8. The fourth-order valence-corrected chi connectivity index (χ4v) is 1.30. The Morgan fingerprint density at radius 1 is 1.29 bits per heavy atom. The van der Waals surface area contributed by atoms with Crippen LogP contribution in [-0.2, 0) is 4.79 Å². The van der Waals surface area contributed by atoms with Crippen molar-refractivity contribution in [2.24, 2.45) is 11.7 Å². The highest BCUT2D eigenvalue weighted by Crippen LogP contribution is 2.01. The number of carbonyl (C=O) groups excluding carboxylic acids is 1. The molecule has 0 aromatic rings. The number of rotatable bonds is 2. The summed E-state index contributed by atoms with van der Waals surface area (Å²) >= 11 is 0. The van der Waals surface area contributed by atoms with Crippen LogP contribution in [0.4, 0.5) is 0 Å². The Labute approximate surface area is 105 Å². The molecule has 2 N–H and O–H groups in total. The van der Waals surface area contributed by atoms with Crippen molar-refractivity contribution < 1.29 is 4.79 Å². The van der Waals surface area contributed by atoms with Gasteiger partial charge in [0.1, 0.15) is 0 Å². The van der Waals surface area contributed by atoms with Gasteiger partial charge in [-0.1, -0.05) is 45.1 Å². The molecule has 1 rings (SSSR count). The number of amides is 1. The Hall–Kier alpha value is -1.09. The fourth-order valence-electron chi connectivity index (χ4n) is 1.30. The van der Waals surface area contributed by atoms with Crippen molar-refractivity contribution in [3.8, 4) is 0 Å². The Bertz CT molecular complexity index is 254. The molecule has 0 spiro atoms. The smallest absolute Gasteiger partial charge is 0.226 e. The van der Waals surface area contributed by atoms with E-state index >= 15 is 0 Å². The van der Waals surface area contributed by atoms with Crippen molar-refractivity contribution in [3.05, 3.63) is 24.3 Å². The molecule has 17 heavy (non-hydrogen) atoms. The van der Waals surface area contributed by atoms with E-state index in [4.69, 9.17) is 5.73 Å². The second-order valence-corrected chi connectivity index (χ2v) is 4.75. The predicted octanol–water partition coefficient (Wildman–Crippen LogP) is 2.34. The molecule has 3 nitrogen and oxygen atoms in total. The van der Waals surface area contributed by atoms with Crippen molar-refractivity contribution in [2.75, 3.05) is 19.6 Å². The van der Waals surface area contributed by atoms with Gasteiger partial charge in [-0.25, -0.2) is 0 Å². The molecule has 0 unspecified atom stereocenters. The highest BCUT2D eigenvalue weighted by molar-refractivity contribution is 5.77. The standard InChI is InChI=1S/C10H16N2O.C4H10/c11-7-9-12-8-5-3-1-2-4-6-10(12)13;1-4(2)3/h1-4H,5-9,11H2;4H,1-3H3/b3-1-,4-2-;. The molecule has 0 radical (unpaired) electrons. The van der Waals surface area contributed by atoms with E-state index in [-0.39, 0.29) is 5.91 Å². The molecule has 3 heteroatoms. The molecule has 1 aliphatic rings. The molecule has 0 saturated heterocycles. The number of carbonyl (C=O) groups is 1. The van der Waals surface area contributed by atoms with E-state index in [0.29, 0.717) is 19.5 Å². The van der Waals surface area contributed by atoms with Crippen LogP contribution in [0.5, 0.6) is 0 Å². The van der Waals surface area contributed by atoms with Crippen molar-refractivity contribution in [1.29, 1.82) is 0 Å². The molecule has 1 aliphatic heterocycles. The molecule has 0 aliphatic carbocycles. The second kappa shape index (κ2) is 10.1. The van der Waals surface area contributed by atoms with E-state index in [1.54, 1.807) is 0 Å². The molecule has 0 aromatic heterocycles. The van der Waals surface area contributed by atoms with Crippen LogP contribution in [0, 0.1) is 5.92 Å². The maximum absolute atomic E-state index is 11.5. The summed E-state index contributed by atoms with van der Waals surface area (Å²) in [6.07, 6.45) is 9.26. The Morgan fingerprint density at radius 3 is 2.47 bits per heavy atom. The number of hydrogen-bond acceptors (Lipinski definition) is 2. The lowest BCUT2D eigenvalue weighted by Crippen LogP contribution is -2.35. The van der Waals surface area contributed by atoms with Crippen molar-refractivity contribution in [3.63, 3.8) is 0 Å². The molecule has 0 fully saturated rings. The first-order valence-corrected chi connectivity index (χ1v) is 6.37. The van der Waals surface area contributed by atoms with Crippen LogP contribution < -0.4 is 5.73 Å². The maximum atomic E-state index is 11.5. The van der Waals surface area contributed by atoms with E-state index < -0.39 is 0 Å². The molecular weight excluding hydrogens is 212 g/mol. The molecule has 0 aromatic carbocycles. The summed E-state index contributed by atoms with van der Waals surface area (Å²) in [5.74, 6) is 1.01. The molecule has 1 amide bonds. The third-order valence-corrected chi connectivity index (χ3v) is 1.99. The molecular formula is C14H26N2O. The summed E-state index contributed by atoms with van der Waals surface area (Å²) in [5.41, 5.74) is 5.42. The van der Waals surface area contributed by atoms with Gasteiger partial charge in [0.2, 0.25) is 5.91 Å². The van der Waals surface area contributed by atoms with Crippen molar-refractivity contribution in [2.45, 2.75) is 33.6 Å². The second-order valence-electron chi connectivity index (χ2n) is 4.75. The highest BCUT2D eigenvalue weighted by Gasteiger charge is 2.09. The van der Waals surface area contributed by atoms with E-state index in [2.05, 4.69) is 26.8 Å². The maximum Gasteiger partial charge on any atom is 0.226 e. The quantitative estimate of drug-likeness (QED) is 0.802. The monoisotopic (exact) mass is 238 g/mol. The summed E-state index contributed by atoms with van der Waals surface area (Å²) in [6, 6.07) is 0. The average Bonchev–Trinajstić information content (AvgIpc) is 2.33. The minimum Gasteiger partial charge on any atom is -0.341 e. The first-order valence-electron chi connectivity index (χ1n) is 6.37. The molecule has 98 valence electrons. The first-order chi connectivity index (χ1) is 8.07. The highest BCUT2D eigenvalue weighted by atomic mass is 16.2. The summed E-state index contributed by atoms with van der Waals surface area (Å²) in [7, 11) is 0. The Morgan fingerprint density at radius 2 is 1.88 bits per heavy atom. The van der Waals surface area contributed by atoms with Crippen LogP contribution in [0.1, 0.15) is 33.6 Å². The minimum absolute atomic E-state index is 0.172. The van der Waals surface area contributed by atoms with Gasteiger partial charge >= 0.3 is 0 Å². The van der Waals surface area contributed by atoms with E-state index in [0.717, 1.165) is 18.9 Å². The summed E-state index contributed by atoms with van der Waals surface area (Å²) in [4.78, 5) is 13.3. The summed E-state index contributed by atoms with van der Waals surface area (Å²) < 4.78 is 0. The van der Waals surface area contributed by atoms with Gasteiger partial charge in [-0.05, 0) is 12.3 Å². The van der Waals surface area contributed by atoms with Crippen molar-refractivity contribution >= 4 is 5.91 Å². The van der Waals surface area contributed by atoms with Gasteiger partial charge in [-0.3, -0.25) is 4.79 Å². The van der Waals surface area contributed by atoms with Gasteiger partial charge in [0.05, 0.1) is 0 Å². The average molecular weight is 238 g/mol. The first kappa shape index (κ1) is 15.9. The lowest BCUT2D eigenvalue weighted by atomic mass is 10.3. The fraction of sp³-hybridized carbons (Fsp3) is 0.643. The summed E-state index contributed by atoms with van der Waals surface area (Å²) in [6.45, 7) is 8.49. The number of nitrogens with zero attached hydrogens (tertiary/aromatic N) is 1. The number of hydrogen-bond donors (Lipinski definition) is 1. The summed E-state index contributed by atoms with van der Waals surface area (Å²) in [5, 5.41) is 0. The van der Waals surface area contributed by atoms with Crippen LogP contribution >= 0.6 is 0 Å². The van der Waals surface area contributed by atoms with E-state index in [1.807, 2.05) is 23.1 Å². The topological polar surface area (TPSA) is 46.3 Å². The lowest BCUT2D eigenvalue weighted by molar-refractivity contribution is -0.130. The van der Waals surface area contributed by atoms with E-state index in [1.165, 1.54) is 0 Å². The third kappa shape index (κ3) is 9.82. The van der Waals surface area contributed by atoms with Crippen LogP contribution in [0.15, 0.2) is 24.3 Å². The van der Waals surface area contributed by atoms with Crippen LogP contribution in [0.3, 0.4) is 0 Å². The predicted molar refractivity (Wildman–Crippen MR) is 73.7 cm³/mol. The van der Waals surface area contributed by atoms with Gasteiger partial charge in [-0.2, -0.15) is 0 Å². The van der Waals surface area contributed by atoms with Crippen LogP contribution in [0.25, 0.3) is 0 Å². The number of nitrogens with two attached hydrogens (primary N) is 1. The van der Waals surface area contributed by atoms with Crippen LogP contribution in [-0.4, -0.2) is 30.4 Å². The third-order valence-electron chi connectivity index (χ3n) is 1.99. The van der Waals surface area contributed by atoms with Gasteiger partial charge in [0.25, 0.3) is 0 Å². The van der Waals surface area contributed by atoms with Crippen LogP contribution in [0.2, 0.25) is 0 Å².